The maximum Gasteiger partial charge on any atom is 0.165 e. The van der Waals surface area contributed by atoms with E-state index < -0.39 is 0 Å². The molecule has 3 heteroatoms. The Bertz CT molecular complexity index is 2280. The molecule has 0 fully saturated rings. The monoisotopic (exact) mass is 573 g/mol. The van der Waals surface area contributed by atoms with E-state index in [1.165, 1.54) is 44.2 Å². The Balaban J connectivity index is 1.32. The van der Waals surface area contributed by atoms with Gasteiger partial charge in [0.1, 0.15) is 0 Å². The summed E-state index contributed by atoms with van der Waals surface area (Å²) in [6.45, 7) is 0. The Morgan fingerprint density at radius 3 is 1.40 bits per heavy atom. The highest BCUT2D eigenvalue weighted by Gasteiger charge is 2.22. The van der Waals surface area contributed by atoms with Crippen LogP contribution in [0, 0.1) is 0 Å². The van der Waals surface area contributed by atoms with E-state index in [0.717, 1.165) is 33.9 Å². The molecule has 0 aliphatic heterocycles. The summed E-state index contributed by atoms with van der Waals surface area (Å²) >= 11 is 0. The average molecular weight is 574 g/mol. The molecule has 0 saturated carbocycles. The van der Waals surface area contributed by atoms with E-state index in [2.05, 4.69) is 115 Å². The topological polar surface area (TPSA) is 38.7 Å². The quantitative estimate of drug-likeness (QED) is 0.197. The number of benzene rings is 7. The fraction of sp³-hybridized carbons (Fsp3) is 0.0238. The molecule has 0 N–H and O–H groups in total. The van der Waals surface area contributed by atoms with E-state index in [-0.39, 0.29) is 0 Å². The predicted molar refractivity (Wildman–Crippen MR) is 185 cm³/mol. The first-order chi connectivity index (χ1) is 22.3. The Hall–Kier alpha value is -5.93. The molecule has 210 valence electrons. The van der Waals surface area contributed by atoms with E-state index in [4.69, 9.17) is 15.0 Å². The highest BCUT2D eigenvalue weighted by molar-refractivity contribution is 6.21. The van der Waals surface area contributed by atoms with Gasteiger partial charge >= 0.3 is 0 Å². The van der Waals surface area contributed by atoms with Gasteiger partial charge in [-0.2, -0.15) is 0 Å². The summed E-state index contributed by atoms with van der Waals surface area (Å²) in [7, 11) is 0. The van der Waals surface area contributed by atoms with Gasteiger partial charge in [0.15, 0.2) is 17.5 Å². The second-order valence-corrected chi connectivity index (χ2v) is 11.6. The number of hydrogen-bond acceptors (Lipinski definition) is 3. The summed E-state index contributed by atoms with van der Waals surface area (Å²) in [5.41, 5.74) is 10.9. The number of nitrogens with zero attached hydrogens (tertiary/aromatic N) is 3. The SMILES string of the molecule is c1ccc(-c2nc(-c3ccccc3)nc(-c3c4ccccc4c(-c4ccc5c(c4)Cc4ccccc4-5)c4ccccc34)n2)cc1. The fourth-order valence-corrected chi connectivity index (χ4v) is 6.90. The molecule has 0 radical (unpaired) electrons. The van der Waals surface area contributed by atoms with Crippen LogP contribution in [0.25, 0.3) is 78.0 Å². The highest BCUT2D eigenvalue weighted by Crippen LogP contribution is 2.45. The van der Waals surface area contributed by atoms with Crippen molar-refractivity contribution >= 4 is 21.5 Å². The first-order valence-corrected chi connectivity index (χ1v) is 15.3. The first kappa shape index (κ1) is 25.6. The van der Waals surface area contributed by atoms with Gasteiger partial charge in [0.25, 0.3) is 0 Å². The molecule has 1 aliphatic carbocycles. The van der Waals surface area contributed by atoms with E-state index in [1.54, 1.807) is 0 Å². The molecular weight excluding hydrogens is 546 g/mol. The molecule has 0 unspecified atom stereocenters. The molecule has 9 rings (SSSR count). The van der Waals surface area contributed by atoms with Crippen molar-refractivity contribution in [1.82, 2.24) is 15.0 Å². The minimum atomic E-state index is 0.662. The maximum atomic E-state index is 5.15. The molecule has 0 saturated heterocycles. The number of aromatic nitrogens is 3. The Morgan fingerprint density at radius 1 is 0.333 bits per heavy atom. The molecule has 1 heterocycles. The third-order valence-electron chi connectivity index (χ3n) is 8.94. The van der Waals surface area contributed by atoms with Gasteiger partial charge in [0, 0.05) is 16.7 Å². The van der Waals surface area contributed by atoms with Crippen molar-refractivity contribution in [3.63, 3.8) is 0 Å². The average Bonchev–Trinajstić information content (AvgIpc) is 3.49. The van der Waals surface area contributed by atoms with Crippen molar-refractivity contribution < 1.29 is 0 Å². The normalized spacial score (nSPS) is 11.9. The zero-order valence-corrected chi connectivity index (χ0v) is 24.5. The highest BCUT2D eigenvalue weighted by atomic mass is 15.0. The zero-order chi connectivity index (χ0) is 29.7. The summed E-state index contributed by atoms with van der Waals surface area (Å²) in [6, 6.07) is 53.5. The third-order valence-corrected chi connectivity index (χ3v) is 8.94. The van der Waals surface area contributed by atoms with Crippen LogP contribution in [0.4, 0.5) is 0 Å². The lowest BCUT2D eigenvalue weighted by molar-refractivity contribution is 1.08. The van der Waals surface area contributed by atoms with Crippen molar-refractivity contribution in [3.05, 3.63) is 163 Å². The summed E-state index contributed by atoms with van der Waals surface area (Å²) in [5.74, 6) is 2.00. The summed E-state index contributed by atoms with van der Waals surface area (Å²) in [5, 5.41) is 4.62. The van der Waals surface area contributed by atoms with E-state index >= 15 is 0 Å². The van der Waals surface area contributed by atoms with Crippen molar-refractivity contribution in [1.29, 1.82) is 0 Å². The fourth-order valence-electron chi connectivity index (χ4n) is 6.90. The lowest BCUT2D eigenvalue weighted by atomic mass is 9.87. The van der Waals surface area contributed by atoms with Crippen LogP contribution in [0.1, 0.15) is 11.1 Å². The molecule has 0 spiro atoms. The summed E-state index contributed by atoms with van der Waals surface area (Å²) in [4.78, 5) is 15.3. The molecule has 1 aromatic heterocycles. The second kappa shape index (κ2) is 10.4. The van der Waals surface area contributed by atoms with E-state index in [1.807, 2.05) is 36.4 Å². The Morgan fingerprint density at radius 2 is 0.800 bits per heavy atom. The third kappa shape index (κ3) is 4.24. The molecular formula is C42H27N3. The first-order valence-electron chi connectivity index (χ1n) is 15.3. The molecule has 45 heavy (non-hydrogen) atoms. The van der Waals surface area contributed by atoms with Crippen LogP contribution in [0.2, 0.25) is 0 Å². The van der Waals surface area contributed by atoms with Crippen molar-refractivity contribution in [2.75, 3.05) is 0 Å². The van der Waals surface area contributed by atoms with Crippen molar-refractivity contribution in [2.24, 2.45) is 0 Å². The van der Waals surface area contributed by atoms with Crippen LogP contribution in [0.3, 0.4) is 0 Å². The van der Waals surface area contributed by atoms with Crippen LogP contribution in [0.15, 0.2) is 152 Å². The van der Waals surface area contributed by atoms with Gasteiger partial charge in [0.2, 0.25) is 0 Å². The Kier molecular flexibility index (Phi) is 5.88. The minimum absolute atomic E-state index is 0.662. The van der Waals surface area contributed by atoms with Crippen LogP contribution in [-0.4, -0.2) is 15.0 Å². The largest absolute Gasteiger partial charge is 0.208 e. The molecule has 0 bridgehead atoms. The van der Waals surface area contributed by atoms with Crippen LogP contribution in [0.5, 0.6) is 0 Å². The summed E-state index contributed by atoms with van der Waals surface area (Å²) in [6.07, 6.45) is 0.961. The molecule has 8 aromatic rings. The van der Waals surface area contributed by atoms with Crippen molar-refractivity contribution in [3.8, 4) is 56.4 Å². The molecule has 3 nitrogen and oxygen atoms in total. The smallest absolute Gasteiger partial charge is 0.165 e. The second-order valence-electron chi connectivity index (χ2n) is 11.6. The van der Waals surface area contributed by atoms with E-state index in [0.29, 0.717) is 17.5 Å². The standard InChI is InChI=1S/C42H27N3/c1-3-13-27(14-4-1)40-43-41(28-15-5-2-6-16-28)45-42(44-40)39-36-21-11-9-19-34(36)38(35-20-10-12-22-37(35)39)30-23-24-33-31(26-30)25-29-17-7-8-18-32(29)33/h1-24,26H,25H2. The van der Waals surface area contributed by atoms with Gasteiger partial charge in [-0.1, -0.05) is 152 Å². The van der Waals surface area contributed by atoms with Gasteiger partial charge in [-0.3, -0.25) is 0 Å². The van der Waals surface area contributed by atoms with Crippen LogP contribution >= 0.6 is 0 Å². The van der Waals surface area contributed by atoms with Gasteiger partial charge in [-0.25, -0.2) is 15.0 Å². The number of fused-ring (bicyclic) bond motifs is 5. The molecule has 0 atom stereocenters. The summed E-state index contributed by atoms with van der Waals surface area (Å²) < 4.78 is 0. The van der Waals surface area contributed by atoms with Crippen LogP contribution in [-0.2, 0) is 6.42 Å². The Labute approximate surface area is 261 Å². The van der Waals surface area contributed by atoms with Gasteiger partial charge < -0.3 is 0 Å². The lowest BCUT2D eigenvalue weighted by Crippen LogP contribution is -2.01. The maximum absolute atomic E-state index is 5.15. The van der Waals surface area contributed by atoms with Gasteiger partial charge in [-0.15, -0.1) is 0 Å². The minimum Gasteiger partial charge on any atom is -0.208 e. The molecule has 1 aliphatic rings. The lowest BCUT2D eigenvalue weighted by Gasteiger charge is -2.18. The van der Waals surface area contributed by atoms with Crippen LogP contribution < -0.4 is 0 Å². The number of hydrogen-bond donors (Lipinski definition) is 0. The predicted octanol–water partition coefficient (Wildman–Crippen LogP) is 10.4. The molecule has 0 amide bonds. The zero-order valence-electron chi connectivity index (χ0n) is 24.5. The number of rotatable bonds is 4. The van der Waals surface area contributed by atoms with Crippen molar-refractivity contribution in [2.45, 2.75) is 6.42 Å². The van der Waals surface area contributed by atoms with Gasteiger partial charge in [-0.05, 0) is 61.3 Å². The molecule has 7 aromatic carbocycles. The van der Waals surface area contributed by atoms with E-state index in [9.17, 15) is 0 Å². The van der Waals surface area contributed by atoms with Gasteiger partial charge in [0.05, 0.1) is 0 Å².